The smallest absolute Gasteiger partial charge is 0.0814 e. The fourth-order valence-corrected chi connectivity index (χ4v) is 1.99. The van der Waals surface area contributed by atoms with E-state index in [4.69, 9.17) is 4.74 Å². The molecule has 1 aliphatic rings. The molecule has 1 aliphatic heterocycles. The zero-order valence-corrected chi connectivity index (χ0v) is 14.0. The fourth-order valence-electron chi connectivity index (χ4n) is 1.99. The molecule has 2 rings (SSSR count). The van der Waals surface area contributed by atoms with Gasteiger partial charge in [0.1, 0.15) is 0 Å². The van der Waals surface area contributed by atoms with Gasteiger partial charge in [0.15, 0.2) is 0 Å². The van der Waals surface area contributed by atoms with Crippen LogP contribution >= 0.6 is 0 Å². The van der Waals surface area contributed by atoms with Crippen LogP contribution in [0, 0.1) is 5.41 Å². The van der Waals surface area contributed by atoms with Crippen LogP contribution in [0.15, 0.2) is 30.8 Å². The summed E-state index contributed by atoms with van der Waals surface area (Å²) >= 11 is 0. The quantitative estimate of drug-likeness (QED) is 0.653. The van der Waals surface area contributed by atoms with E-state index in [1.807, 2.05) is 6.08 Å². The molecule has 1 fully saturated rings. The zero-order valence-electron chi connectivity index (χ0n) is 14.0. The Bertz CT molecular complexity index is 411. The lowest BCUT2D eigenvalue weighted by atomic mass is 9.87. The highest BCUT2D eigenvalue weighted by atomic mass is 16.6. The normalized spacial score (nSPS) is 18.0. The molecule has 1 nitrogen and oxygen atoms in total. The zero-order chi connectivity index (χ0) is 15.4. The lowest BCUT2D eigenvalue weighted by molar-refractivity contribution is 0.300. The van der Waals surface area contributed by atoms with Crippen LogP contribution in [0.3, 0.4) is 0 Å². The Morgan fingerprint density at radius 2 is 1.60 bits per heavy atom. The maximum Gasteiger partial charge on any atom is 0.0814 e. The van der Waals surface area contributed by atoms with Crippen molar-refractivity contribution in [3.05, 3.63) is 42.0 Å². The van der Waals surface area contributed by atoms with Crippen molar-refractivity contribution in [2.45, 2.75) is 59.5 Å². The first kappa shape index (κ1) is 17.0. The van der Waals surface area contributed by atoms with Crippen LogP contribution in [0.1, 0.15) is 59.1 Å². The van der Waals surface area contributed by atoms with Crippen LogP contribution < -0.4 is 0 Å². The SMILES string of the molecule is C=Cc1ccc(C(C)(C)C)cc1.CC(C)(C)CC1CO1. The molecule has 1 unspecified atom stereocenters. The van der Waals surface area contributed by atoms with Crippen molar-refractivity contribution in [3.8, 4) is 0 Å². The highest BCUT2D eigenvalue weighted by Gasteiger charge is 2.27. The van der Waals surface area contributed by atoms with E-state index < -0.39 is 0 Å². The second-order valence-electron chi connectivity index (χ2n) is 7.80. The molecule has 0 saturated carbocycles. The molecule has 0 bridgehead atoms. The van der Waals surface area contributed by atoms with Gasteiger partial charge in [-0.3, -0.25) is 0 Å². The Balaban J connectivity index is 0.000000217. The third-order valence-corrected chi connectivity index (χ3v) is 3.25. The van der Waals surface area contributed by atoms with E-state index in [9.17, 15) is 0 Å². The number of epoxide rings is 1. The molecule has 1 aromatic rings. The molecule has 0 aromatic heterocycles. The first-order valence-electron chi connectivity index (χ1n) is 7.46. The van der Waals surface area contributed by atoms with E-state index in [0.717, 1.165) is 6.61 Å². The van der Waals surface area contributed by atoms with Crippen molar-refractivity contribution in [2.24, 2.45) is 5.41 Å². The molecule has 0 spiro atoms. The minimum absolute atomic E-state index is 0.250. The second kappa shape index (κ2) is 6.58. The highest BCUT2D eigenvalue weighted by Crippen LogP contribution is 2.27. The fraction of sp³-hybridized carbons (Fsp3) is 0.579. The Hall–Kier alpha value is -1.08. The molecule has 0 amide bonds. The van der Waals surface area contributed by atoms with Gasteiger partial charge in [0.25, 0.3) is 0 Å². The largest absolute Gasteiger partial charge is 0.373 e. The minimum Gasteiger partial charge on any atom is -0.373 e. The average molecular weight is 274 g/mol. The van der Waals surface area contributed by atoms with Gasteiger partial charge in [-0.05, 0) is 28.4 Å². The maximum absolute atomic E-state index is 5.08. The van der Waals surface area contributed by atoms with Gasteiger partial charge >= 0.3 is 0 Å². The number of hydrogen-bond acceptors (Lipinski definition) is 1. The van der Waals surface area contributed by atoms with Crippen molar-refractivity contribution in [3.63, 3.8) is 0 Å². The van der Waals surface area contributed by atoms with Gasteiger partial charge in [-0.25, -0.2) is 0 Å². The van der Waals surface area contributed by atoms with Gasteiger partial charge in [0.05, 0.1) is 12.7 Å². The van der Waals surface area contributed by atoms with Crippen molar-refractivity contribution >= 4 is 6.08 Å². The van der Waals surface area contributed by atoms with Gasteiger partial charge in [-0.15, -0.1) is 0 Å². The highest BCUT2D eigenvalue weighted by molar-refractivity contribution is 5.47. The van der Waals surface area contributed by atoms with Crippen molar-refractivity contribution < 1.29 is 4.74 Å². The number of ether oxygens (including phenoxy) is 1. The van der Waals surface area contributed by atoms with Gasteiger partial charge in [0, 0.05) is 0 Å². The topological polar surface area (TPSA) is 12.5 Å². The average Bonchev–Trinajstić information content (AvgIpc) is 3.10. The van der Waals surface area contributed by atoms with Gasteiger partial charge in [-0.1, -0.05) is 78.5 Å². The monoisotopic (exact) mass is 274 g/mol. The van der Waals surface area contributed by atoms with E-state index in [2.05, 4.69) is 72.4 Å². The van der Waals surface area contributed by atoms with Crippen LogP contribution in [0.4, 0.5) is 0 Å². The lowest BCUT2D eigenvalue weighted by Gasteiger charge is -2.18. The first-order valence-corrected chi connectivity index (χ1v) is 7.46. The summed E-state index contributed by atoms with van der Waals surface area (Å²) in [5.41, 5.74) is 3.26. The van der Waals surface area contributed by atoms with E-state index in [-0.39, 0.29) is 5.41 Å². The summed E-state index contributed by atoms with van der Waals surface area (Å²) in [6.45, 7) is 18.1. The number of benzene rings is 1. The summed E-state index contributed by atoms with van der Waals surface area (Å²) in [7, 11) is 0. The molecule has 0 N–H and O–H groups in total. The summed E-state index contributed by atoms with van der Waals surface area (Å²) in [5.74, 6) is 0. The molecule has 1 aromatic carbocycles. The predicted octanol–water partition coefficient (Wildman–Crippen LogP) is 5.45. The lowest BCUT2D eigenvalue weighted by Crippen LogP contribution is -2.10. The Kier molecular flexibility index (Phi) is 5.59. The van der Waals surface area contributed by atoms with E-state index in [0.29, 0.717) is 11.5 Å². The van der Waals surface area contributed by atoms with Gasteiger partial charge in [-0.2, -0.15) is 0 Å². The molecular weight excluding hydrogens is 244 g/mol. The standard InChI is InChI=1S/C12H16.C7H14O/c1-5-10-6-8-11(9-7-10)12(2,3)4;1-7(2,3)4-6-5-8-6/h5-9H,1H2,2-4H3;6H,4-5H2,1-3H3. The molecule has 0 aliphatic carbocycles. The van der Waals surface area contributed by atoms with E-state index in [1.54, 1.807) is 0 Å². The van der Waals surface area contributed by atoms with Crippen LogP contribution in [-0.4, -0.2) is 12.7 Å². The minimum atomic E-state index is 0.250. The molecule has 1 heteroatoms. The molecule has 0 radical (unpaired) electrons. The molecule has 112 valence electrons. The Morgan fingerprint density at radius 3 is 1.85 bits per heavy atom. The third-order valence-electron chi connectivity index (χ3n) is 3.25. The maximum atomic E-state index is 5.08. The summed E-state index contributed by atoms with van der Waals surface area (Å²) in [5, 5.41) is 0. The summed E-state index contributed by atoms with van der Waals surface area (Å²) < 4.78 is 5.08. The van der Waals surface area contributed by atoms with Crippen LogP contribution in [0.5, 0.6) is 0 Å². The second-order valence-corrected chi connectivity index (χ2v) is 7.80. The molecule has 1 saturated heterocycles. The first-order chi connectivity index (χ1) is 9.12. The van der Waals surface area contributed by atoms with E-state index >= 15 is 0 Å². The number of hydrogen-bond donors (Lipinski definition) is 0. The summed E-state index contributed by atoms with van der Waals surface area (Å²) in [6.07, 6.45) is 3.68. The molecular formula is C19H30O. The number of rotatable bonds is 2. The van der Waals surface area contributed by atoms with Crippen LogP contribution in [-0.2, 0) is 10.2 Å². The summed E-state index contributed by atoms with van der Waals surface area (Å²) in [4.78, 5) is 0. The Morgan fingerprint density at radius 1 is 1.10 bits per heavy atom. The van der Waals surface area contributed by atoms with E-state index in [1.165, 1.54) is 17.5 Å². The molecule has 1 atom stereocenters. The predicted molar refractivity (Wildman–Crippen MR) is 89.0 cm³/mol. The molecule has 20 heavy (non-hydrogen) atoms. The van der Waals surface area contributed by atoms with Crippen molar-refractivity contribution in [1.82, 2.24) is 0 Å². The van der Waals surface area contributed by atoms with Gasteiger partial charge in [0.2, 0.25) is 0 Å². The van der Waals surface area contributed by atoms with Gasteiger partial charge < -0.3 is 4.74 Å². The van der Waals surface area contributed by atoms with Crippen molar-refractivity contribution in [1.29, 1.82) is 0 Å². The third kappa shape index (κ3) is 6.91. The van der Waals surface area contributed by atoms with Crippen LogP contribution in [0.25, 0.3) is 6.08 Å². The molecule has 1 heterocycles. The van der Waals surface area contributed by atoms with Crippen molar-refractivity contribution in [2.75, 3.05) is 6.61 Å². The summed E-state index contributed by atoms with van der Waals surface area (Å²) in [6, 6.07) is 8.54. The van der Waals surface area contributed by atoms with Crippen LogP contribution in [0.2, 0.25) is 0 Å². The Labute approximate surface area is 125 Å².